The summed E-state index contributed by atoms with van der Waals surface area (Å²) >= 11 is 0. The molecule has 0 saturated carbocycles. The fraction of sp³-hybridized carbons (Fsp3) is 0.955. The van der Waals surface area contributed by atoms with E-state index in [1.165, 1.54) is 83.5 Å². The molecule has 0 aromatic carbocycles. The summed E-state index contributed by atoms with van der Waals surface area (Å²) in [5.74, 6) is -0.155. The van der Waals surface area contributed by atoms with Crippen molar-refractivity contribution < 1.29 is 4.79 Å². The topological polar surface area (TPSA) is 55.1 Å². The van der Waals surface area contributed by atoms with Gasteiger partial charge >= 0.3 is 0 Å². The monoisotopic (exact) mass is 356 g/mol. The third kappa shape index (κ3) is 28.5. The Labute approximate surface area is 158 Å². The molecule has 1 unspecified atom stereocenters. The molecule has 3 nitrogen and oxygen atoms in total. The van der Waals surface area contributed by atoms with Gasteiger partial charge in [-0.2, -0.15) is 0 Å². The molecule has 1 amide bonds. The summed E-state index contributed by atoms with van der Waals surface area (Å²) in [6.07, 6.45) is 19.2. The van der Waals surface area contributed by atoms with Crippen LogP contribution in [0.25, 0.3) is 0 Å². The van der Waals surface area contributed by atoms with E-state index >= 15 is 0 Å². The number of nitrogens with one attached hydrogen (secondary N) is 1. The first-order valence-corrected chi connectivity index (χ1v) is 11.1. The Morgan fingerprint density at radius 3 is 1.44 bits per heavy atom. The number of hydrogen-bond donors (Lipinski definition) is 2. The third-order valence-corrected chi connectivity index (χ3v) is 4.69. The van der Waals surface area contributed by atoms with Crippen molar-refractivity contribution in [2.75, 3.05) is 6.54 Å². The summed E-state index contributed by atoms with van der Waals surface area (Å²) in [7, 11) is 0. The Morgan fingerprint density at radius 2 is 1.16 bits per heavy atom. The van der Waals surface area contributed by atoms with E-state index in [1.54, 1.807) is 0 Å². The summed E-state index contributed by atoms with van der Waals surface area (Å²) in [6.45, 7) is 9.88. The van der Waals surface area contributed by atoms with E-state index in [1.807, 2.05) is 0 Å². The Kier molecular flexibility index (Phi) is 25.0. The molecule has 0 fully saturated rings. The maximum Gasteiger partial charge on any atom is 0.217 e. The van der Waals surface area contributed by atoms with Gasteiger partial charge in [-0.05, 0) is 26.3 Å². The zero-order valence-corrected chi connectivity index (χ0v) is 17.9. The van der Waals surface area contributed by atoms with Gasteiger partial charge in [0.1, 0.15) is 0 Å². The summed E-state index contributed by atoms with van der Waals surface area (Å²) < 4.78 is 0. The predicted octanol–water partition coefficient (Wildman–Crippen LogP) is 6.35. The van der Waals surface area contributed by atoms with Crippen LogP contribution in [0.2, 0.25) is 0 Å². The Morgan fingerprint density at radius 1 is 0.760 bits per heavy atom. The molecule has 152 valence electrons. The minimum atomic E-state index is -0.155. The van der Waals surface area contributed by atoms with E-state index in [4.69, 9.17) is 5.73 Å². The van der Waals surface area contributed by atoms with Crippen LogP contribution < -0.4 is 11.1 Å². The number of carbonyl (C=O) groups is 1. The van der Waals surface area contributed by atoms with Crippen molar-refractivity contribution in [1.82, 2.24) is 5.32 Å². The Hall–Kier alpha value is -0.570. The highest BCUT2D eigenvalue weighted by Crippen LogP contribution is 2.12. The van der Waals surface area contributed by atoms with Gasteiger partial charge in [0, 0.05) is 12.5 Å². The zero-order valence-electron chi connectivity index (χ0n) is 17.9. The highest BCUT2D eigenvalue weighted by Gasteiger charge is 1.95. The van der Waals surface area contributed by atoms with Crippen LogP contribution in [0.1, 0.15) is 124 Å². The van der Waals surface area contributed by atoms with Gasteiger partial charge in [0.15, 0.2) is 0 Å². The first kappa shape index (κ1) is 26.7. The second kappa shape index (κ2) is 23.4. The van der Waals surface area contributed by atoms with Crippen LogP contribution in [0.15, 0.2) is 0 Å². The van der Waals surface area contributed by atoms with Crippen LogP contribution >= 0.6 is 0 Å². The molecule has 0 aromatic heterocycles. The molecule has 3 N–H and O–H groups in total. The van der Waals surface area contributed by atoms with Crippen LogP contribution in [0.5, 0.6) is 0 Å². The van der Waals surface area contributed by atoms with Gasteiger partial charge in [0.25, 0.3) is 0 Å². The maximum absolute atomic E-state index is 10.5. The van der Waals surface area contributed by atoms with Gasteiger partial charge in [0.05, 0.1) is 0 Å². The zero-order chi connectivity index (χ0) is 19.2. The highest BCUT2D eigenvalue weighted by atomic mass is 16.1. The molecule has 0 radical (unpaired) electrons. The van der Waals surface area contributed by atoms with E-state index in [0.29, 0.717) is 12.5 Å². The van der Waals surface area contributed by atoms with Crippen LogP contribution in [0, 0.1) is 0 Å². The second-order valence-corrected chi connectivity index (χ2v) is 7.33. The third-order valence-electron chi connectivity index (χ3n) is 4.69. The van der Waals surface area contributed by atoms with E-state index in [0.717, 1.165) is 13.0 Å². The van der Waals surface area contributed by atoms with E-state index < -0.39 is 0 Å². The molecule has 0 bridgehead atoms. The van der Waals surface area contributed by atoms with E-state index in [2.05, 4.69) is 33.0 Å². The molecule has 0 aliphatic rings. The number of hydrogen-bond acceptors (Lipinski definition) is 2. The quantitative estimate of drug-likeness (QED) is 0.298. The molecule has 1 atom stereocenters. The normalized spacial score (nSPS) is 11.7. The lowest BCUT2D eigenvalue weighted by atomic mass is 10.0. The van der Waals surface area contributed by atoms with Gasteiger partial charge in [-0.1, -0.05) is 97.8 Å². The predicted molar refractivity (Wildman–Crippen MR) is 113 cm³/mol. The first-order valence-electron chi connectivity index (χ1n) is 11.1. The molecule has 0 aromatic rings. The average Bonchev–Trinajstić information content (AvgIpc) is 2.59. The molecule has 0 heterocycles. The number of carbonyl (C=O) groups excluding carboxylic acids is 1. The first-order chi connectivity index (χ1) is 12.1. The van der Waals surface area contributed by atoms with Crippen molar-refractivity contribution in [2.24, 2.45) is 5.73 Å². The minimum absolute atomic E-state index is 0.155. The summed E-state index contributed by atoms with van der Waals surface area (Å²) in [4.78, 5) is 10.5. The lowest BCUT2D eigenvalue weighted by Crippen LogP contribution is -2.24. The fourth-order valence-electron chi connectivity index (χ4n) is 2.81. The van der Waals surface area contributed by atoms with Crippen molar-refractivity contribution in [3.05, 3.63) is 0 Å². The van der Waals surface area contributed by atoms with Crippen LogP contribution in [0.4, 0.5) is 0 Å². The second-order valence-electron chi connectivity index (χ2n) is 7.33. The van der Waals surface area contributed by atoms with Gasteiger partial charge in [-0.15, -0.1) is 0 Å². The van der Waals surface area contributed by atoms with Gasteiger partial charge < -0.3 is 11.1 Å². The maximum atomic E-state index is 10.5. The molecule has 3 heteroatoms. The Bertz CT molecular complexity index is 256. The summed E-state index contributed by atoms with van der Waals surface area (Å²) in [5, 5.41) is 3.30. The standard InChI is InChI=1S/C16H33NO.C6H15N/c1-2-3-4-5-6-7-8-9-10-11-12-13-14-15-16(17)18;1-4-6(3)7-5-2/h2-15H2,1H3,(H2,17,18);6-7H,4-5H2,1-3H3. The smallest absolute Gasteiger partial charge is 0.217 e. The van der Waals surface area contributed by atoms with Crippen molar-refractivity contribution in [3.8, 4) is 0 Å². The van der Waals surface area contributed by atoms with E-state index in [9.17, 15) is 4.79 Å². The number of nitrogens with two attached hydrogens (primary N) is 1. The summed E-state index contributed by atoms with van der Waals surface area (Å²) in [5.41, 5.74) is 5.09. The van der Waals surface area contributed by atoms with Gasteiger partial charge in [-0.3, -0.25) is 4.79 Å². The fourth-order valence-corrected chi connectivity index (χ4v) is 2.81. The molecule has 25 heavy (non-hydrogen) atoms. The SMILES string of the molecule is CCCCCCCCCCCCCCCC(N)=O.CCNC(C)CC. The summed E-state index contributed by atoms with van der Waals surface area (Å²) in [6, 6.07) is 0.699. The molecule has 0 saturated heterocycles. The van der Waals surface area contributed by atoms with E-state index in [-0.39, 0.29) is 5.91 Å². The van der Waals surface area contributed by atoms with Crippen LogP contribution in [-0.4, -0.2) is 18.5 Å². The molecule has 0 aliphatic carbocycles. The van der Waals surface area contributed by atoms with Crippen LogP contribution in [0.3, 0.4) is 0 Å². The largest absolute Gasteiger partial charge is 0.370 e. The van der Waals surface area contributed by atoms with Crippen molar-refractivity contribution in [2.45, 2.75) is 130 Å². The van der Waals surface area contributed by atoms with Crippen molar-refractivity contribution >= 4 is 5.91 Å². The lowest BCUT2D eigenvalue weighted by molar-refractivity contribution is -0.118. The van der Waals surface area contributed by atoms with Crippen molar-refractivity contribution in [3.63, 3.8) is 0 Å². The molecule has 0 aliphatic heterocycles. The molecular formula is C22H48N2O. The number of primary amides is 1. The van der Waals surface area contributed by atoms with Crippen LogP contribution in [-0.2, 0) is 4.79 Å². The molecule has 0 spiro atoms. The van der Waals surface area contributed by atoms with Gasteiger partial charge in [0.2, 0.25) is 5.91 Å². The number of rotatable bonds is 17. The Balaban J connectivity index is 0. The number of unbranched alkanes of at least 4 members (excludes halogenated alkanes) is 12. The number of amides is 1. The lowest BCUT2D eigenvalue weighted by Gasteiger charge is -2.06. The average molecular weight is 357 g/mol. The molecule has 0 rings (SSSR count). The minimum Gasteiger partial charge on any atom is -0.370 e. The van der Waals surface area contributed by atoms with Crippen molar-refractivity contribution in [1.29, 1.82) is 0 Å². The highest BCUT2D eigenvalue weighted by molar-refractivity contribution is 5.73. The molecular weight excluding hydrogens is 308 g/mol. The van der Waals surface area contributed by atoms with Gasteiger partial charge in [-0.25, -0.2) is 0 Å².